The SMILES string of the molecule is O=C1C=CC[C@@H]([C@H](O)[C@@H](c2ccccc2)c2c(O)cc(O)c3c2O[C@H](c2ccccc2)CC3=O)O1. The van der Waals surface area contributed by atoms with Gasteiger partial charge < -0.3 is 24.8 Å². The number of ketones is 1. The maximum atomic E-state index is 13.2. The molecular formula is C28H24O7. The summed E-state index contributed by atoms with van der Waals surface area (Å²) in [5, 5.41) is 33.1. The Kier molecular flexibility index (Phi) is 6.01. The van der Waals surface area contributed by atoms with Crippen molar-refractivity contribution in [2.45, 2.75) is 37.1 Å². The number of phenols is 2. The number of carbonyl (C=O) groups excluding carboxylic acids is 2. The maximum Gasteiger partial charge on any atom is 0.330 e. The van der Waals surface area contributed by atoms with Gasteiger partial charge in [-0.15, -0.1) is 0 Å². The third-order valence-corrected chi connectivity index (χ3v) is 6.44. The maximum absolute atomic E-state index is 13.2. The van der Waals surface area contributed by atoms with Crippen LogP contribution in [0.1, 0.15) is 51.9 Å². The van der Waals surface area contributed by atoms with E-state index >= 15 is 0 Å². The summed E-state index contributed by atoms with van der Waals surface area (Å²) in [6, 6.07) is 19.2. The largest absolute Gasteiger partial charge is 0.507 e. The van der Waals surface area contributed by atoms with Gasteiger partial charge in [0.2, 0.25) is 0 Å². The number of phenolic OH excluding ortho intramolecular Hbond substituents is 2. The van der Waals surface area contributed by atoms with Crippen LogP contribution in [0.5, 0.6) is 17.2 Å². The Hall–Kier alpha value is -4.10. The lowest BCUT2D eigenvalue weighted by Gasteiger charge is -2.35. The Morgan fingerprint density at radius 1 is 0.886 bits per heavy atom. The van der Waals surface area contributed by atoms with Gasteiger partial charge in [0.1, 0.15) is 41.1 Å². The van der Waals surface area contributed by atoms with Crippen molar-refractivity contribution in [3.8, 4) is 17.2 Å². The molecule has 3 N–H and O–H groups in total. The fraction of sp³-hybridized carbons (Fsp3) is 0.214. The number of cyclic esters (lactones) is 1. The molecule has 4 atom stereocenters. The van der Waals surface area contributed by atoms with Crippen LogP contribution >= 0.6 is 0 Å². The molecule has 0 bridgehead atoms. The number of rotatable bonds is 5. The van der Waals surface area contributed by atoms with Gasteiger partial charge in [0.25, 0.3) is 0 Å². The van der Waals surface area contributed by atoms with Crippen LogP contribution in [0.15, 0.2) is 78.9 Å². The molecule has 2 heterocycles. The monoisotopic (exact) mass is 472 g/mol. The number of ether oxygens (including phenoxy) is 2. The Bertz CT molecular complexity index is 1280. The summed E-state index contributed by atoms with van der Waals surface area (Å²) in [6.07, 6.45) is 0.418. The van der Waals surface area contributed by atoms with Crippen LogP contribution in [-0.4, -0.2) is 39.3 Å². The zero-order chi connectivity index (χ0) is 24.5. The number of Topliss-reactive ketones (excluding diaryl/α,β-unsaturated/α-hetero) is 1. The number of esters is 1. The van der Waals surface area contributed by atoms with Crippen LogP contribution in [0.3, 0.4) is 0 Å². The molecule has 0 saturated heterocycles. The molecule has 0 fully saturated rings. The van der Waals surface area contributed by atoms with Crippen molar-refractivity contribution in [1.29, 1.82) is 0 Å². The molecule has 7 nitrogen and oxygen atoms in total. The first-order valence-corrected chi connectivity index (χ1v) is 11.4. The van der Waals surface area contributed by atoms with Gasteiger partial charge in [-0.3, -0.25) is 4.79 Å². The highest BCUT2D eigenvalue weighted by Gasteiger charge is 2.41. The summed E-state index contributed by atoms with van der Waals surface area (Å²) < 4.78 is 11.6. The van der Waals surface area contributed by atoms with E-state index < -0.39 is 35.9 Å². The molecule has 3 aromatic carbocycles. The number of aliphatic hydroxyl groups is 1. The molecule has 0 amide bonds. The van der Waals surface area contributed by atoms with Crippen molar-refractivity contribution in [3.63, 3.8) is 0 Å². The van der Waals surface area contributed by atoms with Gasteiger partial charge in [0, 0.05) is 30.0 Å². The first-order valence-electron chi connectivity index (χ1n) is 11.4. The second kappa shape index (κ2) is 9.27. The van der Waals surface area contributed by atoms with Crippen molar-refractivity contribution in [2.75, 3.05) is 0 Å². The summed E-state index contributed by atoms with van der Waals surface area (Å²) in [7, 11) is 0. The molecule has 3 aromatic rings. The molecule has 0 aromatic heterocycles. The number of aliphatic hydroxyl groups excluding tert-OH is 1. The van der Waals surface area contributed by atoms with Crippen molar-refractivity contribution in [3.05, 3.63) is 101 Å². The summed E-state index contributed by atoms with van der Waals surface area (Å²) in [5.74, 6) is -2.55. The number of hydrogen-bond acceptors (Lipinski definition) is 7. The highest BCUT2D eigenvalue weighted by atomic mass is 16.6. The molecule has 35 heavy (non-hydrogen) atoms. The van der Waals surface area contributed by atoms with Gasteiger partial charge in [0.05, 0.1) is 6.42 Å². The molecule has 0 radical (unpaired) electrons. The van der Waals surface area contributed by atoms with E-state index in [1.807, 2.05) is 36.4 Å². The van der Waals surface area contributed by atoms with E-state index in [4.69, 9.17) is 9.47 Å². The quantitative estimate of drug-likeness (QED) is 0.478. The van der Waals surface area contributed by atoms with Crippen LogP contribution in [0.25, 0.3) is 0 Å². The first kappa shape index (κ1) is 22.7. The molecule has 0 aliphatic carbocycles. The lowest BCUT2D eigenvalue weighted by molar-refractivity contribution is -0.150. The Labute approximate surface area is 201 Å². The van der Waals surface area contributed by atoms with Crippen LogP contribution < -0.4 is 4.74 Å². The Morgan fingerprint density at radius 2 is 1.57 bits per heavy atom. The summed E-state index contributed by atoms with van der Waals surface area (Å²) in [4.78, 5) is 25.1. The molecule has 2 aliphatic rings. The summed E-state index contributed by atoms with van der Waals surface area (Å²) in [6.45, 7) is 0. The number of carbonyl (C=O) groups is 2. The minimum Gasteiger partial charge on any atom is -0.507 e. The second-order valence-electron chi connectivity index (χ2n) is 8.67. The van der Waals surface area contributed by atoms with E-state index in [2.05, 4.69) is 0 Å². The minimum absolute atomic E-state index is 0.0122. The zero-order valence-electron chi connectivity index (χ0n) is 18.7. The predicted octanol–water partition coefficient (Wildman–Crippen LogP) is 4.17. The van der Waals surface area contributed by atoms with Crippen molar-refractivity contribution < 1.29 is 34.4 Å². The minimum atomic E-state index is -1.28. The van der Waals surface area contributed by atoms with Crippen molar-refractivity contribution in [2.24, 2.45) is 0 Å². The smallest absolute Gasteiger partial charge is 0.330 e. The van der Waals surface area contributed by atoms with E-state index in [1.54, 1.807) is 30.3 Å². The second-order valence-corrected chi connectivity index (χ2v) is 8.67. The first-order chi connectivity index (χ1) is 16.9. The van der Waals surface area contributed by atoms with Gasteiger partial charge in [0.15, 0.2) is 5.78 Å². The van der Waals surface area contributed by atoms with Crippen molar-refractivity contribution in [1.82, 2.24) is 0 Å². The van der Waals surface area contributed by atoms with Crippen LogP contribution in [0.4, 0.5) is 0 Å². The lowest BCUT2D eigenvalue weighted by atomic mass is 9.80. The van der Waals surface area contributed by atoms with E-state index in [9.17, 15) is 24.9 Å². The topological polar surface area (TPSA) is 113 Å². The number of aromatic hydroxyl groups is 2. The predicted molar refractivity (Wildman–Crippen MR) is 126 cm³/mol. The molecule has 0 unspecified atom stereocenters. The lowest BCUT2D eigenvalue weighted by Crippen LogP contribution is -2.38. The molecule has 2 aliphatic heterocycles. The molecule has 7 heteroatoms. The fourth-order valence-electron chi connectivity index (χ4n) is 4.80. The highest BCUT2D eigenvalue weighted by molar-refractivity contribution is 6.03. The normalized spacial score (nSPS) is 20.9. The number of benzene rings is 3. The standard InChI is InChI=1S/C28H24O7/c29-18-14-19(30)26(28-25(18)20(31)15-22(35-28)16-8-3-1-4-9-16)24(17-10-5-2-6-11-17)27(33)21-12-7-13-23(32)34-21/h1-11,13-14,21-22,24,27,29-30,33H,12,15H2/t21-,22-,24-,27-/m0/s1. The average molecular weight is 472 g/mol. The highest BCUT2D eigenvalue weighted by Crippen LogP contribution is 2.50. The van der Waals surface area contributed by atoms with Gasteiger partial charge in [-0.05, 0) is 11.1 Å². The van der Waals surface area contributed by atoms with Crippen LogP contribution in [0.2, 0.25) is 0 Å². The summed E-state index contributed by atoms with van der Waals surface area (Å²) >= 11 is 0. The molecule has 0 saturated carbocycles. The summed E-state index contributed by atoms with van der Waals surface area (Å²) in [5.41, 5.74) is 1.49. The fourth-order valence-corrected chi connectivity index (χ4v) is 4.80. The zero-order valence-corrected chi connectivity index (χ0v) is 18.7. The molecule has 5 rings (SSSR count). The Morgan fingerprint density at radius 3 is 2.26 bits per heavy atom. The van der Waals surface area contributed by atoms with Crippen LogP contribution in [-0.2, 0) is 9.53 Å². The third kappa shape index (κ3) is 4.26. The molecular weight excluding hydrogens is 448 g/mol. The van der Waals surface area contributed by atoms with E-state index in [-0.39, 0.29) is 41.3 Å². The Balaban J connectivity index is 1.67. The van der Waals surface area contributed by atoms with E-state index in [0.717, 1.165) is 11.6 Å². The van der Waals surface area contributed by atoms with Gasteiger partial charge in [-0.25, -0.2) is 4.79 Å². The number of fused-ring (bicyclic) bond motifs is 1. The van der Waals surface area contributed by atoms with E-state index in [0.29, 0.717) is 5.56 Å². The van der Waals surface area contributed by atoms with Crippen LogP contribution in [0, 0.1) is 0 Å². The van der Waals surface area contributed by atoms with Gasteiger partial charge >= 0.3 is 5.97 Å². The van der Waals surface area contributed by atoms with Gasteiger partial charge in [-0.2, -0.15) is 0 Å². The van der Waals surface area contributed by atoms with E-state index in [1.165, 1.54) is 6.08 Å². The van der Waals surface area contributed by atoms with Crippen molar-refractivity contribution >= 4 is 11.8 Å². The average Bonchev–Trinajstić information content (AvgIpc) is 2.86. The molecule has 0 spiro atoms. The number of hydrogen-bond donors (Lipinski definition) is 3. The van der Waals surface area contributed by atoms with Gasteiger partial charge in [-0.1, -0.05) is 66.7 Å². The molecule has 178 valence electrons. The third-order valence-electron chi connectivity index (χ3n) is 6.44.